The first kappa shape index (κ1) is 23.8. The van der Waals surface area contributed by atoms with Gasteiger partial charge < -0.3 is 29.3 Å². The number of nitrogens with one attached hydrogen (secondary N) is 1. The van der Waals surface area contributed by atoms with Gasteiger partial charge in [-0.2, -0.15) is 0 Å². The summed E-state index contributed by atoms with van der Waals surface area (Å²) in [6.45, 7) is 7.87. The summed E-state index contributed by atoms with van der Waals surface area (Å²) in [6.07, 6.45) is -1.34. The Bertz CT molecular complexity index is 870. The van der Waals surface area contributed by atoms with Crippen LogP contribution in [0, 0.1) is 5.82 Å². The molecule has 1 unspecified atom stereocenters. The van der Waals surface area contributed by atoms with Crippen LogP contribution in [0.2, 0.25) is 0 Å². The van der Waals surface area contributed by atoms with Crippen LogP contribution >= 0.6 is 12.2 Å². The maximum Gasteiger partial charge on any atom is 0.414 e. The molecular weight excluding hydrogens is 439 g/mol. The van der Waals surface area contributed by atoms with Crippen molar-refractivity contribution in [2.75, 3.05) is 56.2 Å². The zero-order valence-electron chi connectivity index (χ0n) is 18.7. The van der Waals surface area contributed by atoms with Crippen molar-refractivity contribution in [1.82, 2.24) is 10.2 Å². The van der Waals surface area contributed by atoms with E-state index in [-0.39, 0.29) is 17.8 Å². The quantitative estimate of drug-likeness (QED) is 0.676. The van der Waals surface area contributed by atoms with Crippen molar-refractivity contribution in [3.8, 4) is 0 Å². The molecule has 3 rings (SSSR count). The van der Waals surface area contributed by atoms with Crippen molar-refractivity contribution in [3.05, 3.63) is 24.0 Å². The first-order chi connectivity index (χ1) is 15.1. The Balaban J connectivity index is 1.58. The van der Waals surface area contributed by atoms with Gasteiger partial charge in [-0.05, 0) is 51.2 Å². The minimum absolute atomic E-state index is 0.210. The highest BCUT2D eigenvalue weighted by atomic mass is 32.1. The minimum Gasteiger partial charge on any atom is -0.474 e. The smallest absolute Gasteiger partial charge is 0.414 e. The van der Waals surface area contributed by atoms with E-state index < -0.39 is 23.6 Å². The third-order valence-corrected chi connectivity index (χ3v) is 5.36. The Morgan fingerprint density at radius 3 is 2.56 bits per heavy atom. The van der Waals surface area contributed by atoms with E-state index in [1.807, 2.05) is 25.7 Å². The molecule has 1 aromatic rings. The number of thiocarbonyl (C=S) groups is 1. The maximum atomic E-state index is 14.9. The van der Waals surface area contributed by atoms with Crippen LogP contribution in [-0.2, 0) is 14.2 Å². The third-order valence-electron chi connectivity index (χ3n) is 5.05. The zero-order valence-corrected chi connectivity index (χ0v) is 19.5. The van der Waals surface area contributed by atoms with E-state index in [2.05, 4.69) is 5.32 Å². The number of hydrogen-bond acceptors (Lipinski definition) is 7. The van der Waals surface area contributed by atoms with E-state index in [4.69, 9.17) is 26.4 Å². The van der Waals surface area contributed by atoms with Gasteiger partial charge in [-0.1, -0.05) is 0 Å². The van der Waals surface area contributed by atoms with Gasteiger partial charge in [-0.3, -0.25) is 4.90 Å². The molecule has 1 aromatic carbocycles. The van der Waals surface area contributed by atoms with Crippen molar-refractivity contribution in [1.29, 1.82) is 0 Å². The third kappa shape index (κ3) is 5.90. The Labute approximate surface area is 192 Å². The van der Waals surface area contributed by atoms with Crippen LogP contribution in [0.15, 0.2) is 18.2 Å². The summed E-state index contributed by atoms with van der Waals surface area (Å²) >= 11 is 4.91. The summed E-state index contributed by atoms with van der Waals surface area (Å²) in [4.78, 5) is 29.3. The summed E-state index contributed by atoms with van der Waals surface area (Å²) in [7, 11) is 1.45. The number of ether oxygens (including phenoxy) is 3. The summed E-state index contributed by atoms with van der Waals surface area (Å²) in [5, 5.41) is 3.05. The van der Waals surface area contributed by atoms with E-state index in [0.717, 1.165) is 0 Å². The fraction of sp³-hybridized carbons (Fsp3) is 0.571. The molecule has 2 saturated heterocycles. The van der Waals surface area contributed by atoms with Crippen LogP contribution in [-0.4, -0.2) is 80.3 Å². The number of halogens is 1. The van der Waals surface area contributed by atoms with E-state index >= 15 is 0 Å². The molecule has 11 heteroatoms. The van der Waals surface area contributed by atoms with E-state index in [0.29, 0.717) is 44.1 Å². The lowest BCUT2D eigenvalue weighted by Gasteiger charge is -2.37. The SMILES string of the molecule is COC(=S)NCC1CN(c2ccc(N3CCN(C(=O)OC(C)(C)C)CC3)c(F)c2)C(=O)O1. The number of cyclic esters (lactones) is 1. The standard InChI is InChI=1S/C21H29FN4O5S/c1-21(2,3)31-19(27)25-9-7-24(8-10-25)17-6-5-14(11-16(17)22)26-13-15(30-20(26)28)12-23-18(32)29-4/h5-6,11,15H,7-10,12-13H2,1-4H3,(H,23,32). The average Bonchev–Trinajstić information content (AvgIpc) is 3.11. The molecule has 2 aliphatic rings. The zero-order chi connectivity index (χ0) is 23.5. The molecule has 0 bridgehead atoms. The predicted octanol–water partition coefficient (Wildman–Crippen LogP) is 2.73. The van der Waals surface area contributed by atoms with Gasteiger partial charge in [0.25, 0.3) is 5.17 Å². The fourth-order valence-electron chi connectivity index (χ4n) is 3.48. The molecule has 0 saturated carbocycles. The Morgan fingerprint density at radius 1 is 1.28 bits per heavy atom. The Kier molecular flexibility index (Phi) is 7.27. The van der Waals surface area contributed by atoms with Crippen molar-refractivity contribution in [3.63, 3.8) is 0 Å². The number of methoxy groups -OCH3 is 1. The highest BCUT2D eigenvalue weighted by Crippen LogP contribution is 2.28. The lowest BCUT2D eigenvalue weighted by Crippen LogP contribution is -2.50. The summed E-state index contributed by atoms with van der Waals surface area (Å²) in [6, 6.07) is 4.66. The minimum atomic E-state index is -0.558. The van der Waals surface area contributed by atoms with Crippen LogP contribution in [0.25, 0.3) is 0 Å². The monoisotopic (exact) mass is 468 g/mol. The van der Waals surface area contributed by atoms with Crippen LogP contribution in [0.3, 0.4) is 0 Å². The number of amides is 2. The van der Waals surface area contributed by atoms with Gasteiger partial charge in [0.2, 0.25) is 0 Å². The van der Waals surface area contributed by atoms with E-state index in [1.54, 1.807) is 17.0 Å². The Hall–Kier alpha value is -2.82. The molecule has 2 amide bonds. The van der Waals surface area contributed by atoms with Gasteiger partial charge in [0.15, 0.2) is 0 Å². The number of benzene rings is 1. The summed E-state index contributed by atoms with van der Waals surface area (Å²) in [5.41, 5.74) is 0.284. The van der Waals surface area contributed by atoms with Crippen LogP contribution in [0.4, 0.5) is 25.4 Å². The van der Waals surface area contributed by atoms with Crippen LogP contribution in [0.5, 0.6) is 0 Å². The first-order valence-corrected chi connectivity index (χ1v) is 10.8. The molecule has 32 heavy (non-hydrogen) atoms. The lowest BCUT2D eigenvalue weighted by atomic mass is 10.2. The second kappa shape index (κ2) is 9.76. The van der Waals surface area contributed by atoms with Gasteiger partial charge in [0, 0.05) is 26.2 Å². The predicted molar refractivity (Wildman–Crippen MR) is 122 cm³/mol. The molecule has 1 atom stereocenters. The molecule has 0 spiro atoms. The number of carbonyl (C=O) groups excluding carboxylic acids is 2. The number of carbonyl (C=O) groups is 2. The molecule has 2 aliphatic heterocycles. The molecule has 0 aromatic heterocycles. The van der Waals surface area contributed by atoms with Crippen LogP contribution < -0.4 is 15.1 Å². The largest absolute Gasteiger partial charge is 0.474 e. The number of hydrogen-bond donors (Lipinski definition) is 1. The van der Waals surface area contributed by atoms with Crippen molar-refractivity contribution >= 4 is 41.0 Å². The van der Waals surface area contributed by atoms with Gasteiger partial charge >= 0.3 is 12.2 Å². The van der Waals surface area contributed by atoms with Crippen molar-refractivity contribution in [2.45, 2.75) is 32.5 Å². The summed E-state index contributed by atoms with van der Waals surface area (Å²) in [5.74, 6) is -0.442. The van der Waals surface area contributed by atoms with Gasteiger partial charge in [-0.25, -0.2) is 14.0 Å². The van der Waals surface area contributed by atoms with Crippen molar-refractivity contribution < 1.29 is 28.2 Å². The molecule has 0 radical (unpaired) electrons. The molecule has 2 heterocycles. The fourth-order valence-corrected chi connectivity index (χ4v) is 3.57. The number of anilines is 2. The number of rotatable bonds is 4. The first-order valence-electron chi connectivity index (χ1n) is 10.4. The lowest BCUT2D eigenvalue weighted by molar-refractivity contribution is 0.0240. The normalized spacial score (nSPS) is 19.0. The molecule has 1 N–H and O–H groups in total. The number of piperazine rings is 1. The molecular formula is C21H29FN4O5S. The highest BCUT2D eigenvalue weighted by molar-refractivity contribution is 7.80. The van der Waals surface area contributed by atoms with E-state index in [1.165, 1.54) is 18.1 Å². The molecule has 2 fully saturated rings. The second-order valence-electron chi connectivity index (χ2n) is 8.58. The molecule has 9 nitrogen and oxygen atoms in total. The second-order valence-corrected chi connectivity index (χ2v) is 8.95. The summed E-state index contributed by atoms with van der Waals surface area (Å²) < 4.78 is 30.5. The average molecular weight is 469 g/mol. The van der Waals surface area contributed by atoms with Gasteiger partial charge in [-0.15, -0.1) is 0 Å². The van der Waals surface area contributed by atoms with Crippen molar-refractivity contribution in [2.24, 2.45) is 0 Å². The van der Waals surface area contributed by atoms with Gasteiger partial charge in [0.05, 0.1) is 31.6 Å². The molecule has 176 valence electrons. The van der Waals surface area contributed by atoms with E-state index in [9.17, 15) is 14.0 Å². The Morgan fingerprint density at radius 2 is 1.97 bits per heavy atom. The highest BCUT2D eigenvalue weighted by Gasteiger charge is 2.33. The topological polar surface area (TPSA) is 83.6 Å². The number of nitrogens with zero attached hydrogens (tertiary/aromatic N) is 3. The maximum absolute atomic E-state index is 14.9. The molecule has 0 aliphatic carbocycles. The van der Waals surface area contributed by atoms with Gasteiger partial charge in [0.1, 0.15) is 17.5 Å². The van der Waals surface area contributed by atoms with Crippen LogP contribution in [0.1, 0.15) is 20.8 Å².